The number of carbonyl (C=O) groups is 2. The number of hydrogen-bond donors (Lipinski definition) is 2. The van der Waals surface area contributed by atoms with Crippen molar-refractivity contribution in [2.24, 2.45) is 5.73 Å². The molecule has 0 saturated heterocycles. The summed E-state index contributed by atoms with van der Waals surface area (Å²) in [6, 6.07) is -1.05. The van der Waals surface area contributed by atoms with Crippen LogP contribution in [-0.4, -0.2) is 23.1 Å². The largest absolute Gasteiger partial charge is 0.495 e. The Bertz CT molecular complexity index is 173. The molecule has 0 radical (unpaired) electrons. The quantitative estimate of drug-likeness (QED) is 0.527. The Morgan fingerprint density at radius 3 is 2.67 bits per heavy atom. The Kier molecular flexibility index (Phi) is 5.35. The maximum Gasteiger partial charge on any atom is 0.396 e. The lowest BCUT2D eigenvalue weighted by Crippen LogP contribution is -2.33. The van der Waals surface area contributed by atoms with Crippen molar-refractivity contribution in [3.8, 4) is 0 Å². The SMILES string of the molecule is N[C@@H](CCC(=O)O)C(=O)O[Cl+][O-]. The van der Waals surface area contributed by atoms with Crippen molar-refractivity contribution in [1.82, 2.24) is 0 Å². The van der Waals surface area contributed by atoms with E-state index in [2.05, 4.69) is 4.29 Å². The van der Waals surface area contributed by atoms with Crippen molar-refractivity contribution >= 4 is 11.9 Å². The van der Waals surface area contributed by atoms with E-state index in [1.54, 1.807) is 0 Å². The van der Waals surface area contributed by atoms with Crippen LogP contribution in [0.2, 0.25) is 0 Å². The summed E-state index contributed by atoms with van der Waals surface area (Å²) in [4.78, 5) is 20.6. The Morgan fingerprint density at radius 1 is 1.67 bits per heavy atom. The summed E-state index contributed by atoms with van der Waals surface area (Å²) in [5.41, 5.74) is 5.15. The number of rotatable bonds is 5. The van der Waals surface area contributed by atoms with Crippen LogP contribution in [-0.2, 0) is 13.9 Å². The van der Waals surface area contributed by atoms with E-state index in [-0.39, 0.29) is 24.2 Å². The zero-order valence-corrected chi connectivity index (χ0v) is 6.78. The first-order valence-corrected chi connectivity index (χ1v) is 3.65. The molecule has 0 aromatic heterocycles. The standard InChI is InChI=1S/C5H8ClNO5/c7-3(1-2-4(8)9)5(10)12-6-11/h3H,1-2,7H2,(H,8,9)/t3-/m0/s1. The van der Waals surface area contributed by atoms with Gasteiger partial charge < -0.3 is 15.5 Å². The molecule has 0 aliphatic carbocycles. The lowest BCUT2D eigenvalue weighted by molar-refractivity contribution is -1.26. The lowest BCUT2D eigenvalue weighted by Gasteiger charge is -2.02. The zero-order chi connectivity index (χ0) is 9.56. The fourth-order valence-corrected chi connectivity index (χ4v) is 0.662. The summed E-state index contributed by atoms with van der Waals surface area (Å²) < 4.78 is 13.5. The Balaban J connectivity index is 3.63. The van der Waals surface area contributed by atoms with Gasteiger partial charge in [0.2, 0.25) is 0 Å². The first-order valence-electron chi connectivity index (χ1n) is 3.03. The molecule has 0 heterocycles. The van der Waals surface area contributed by atoms with Gasteiger partial charge in [-0.2, -0.15) is 4.29 Å². The first-order chi connectivity index (χ1) is 5.57. The Hall–Kier alpha value is -0.850. The highest BCUT2D eigenvalue weighted by atomic mass is 35.6. The maximum atomic E-state index is 10.6. The summed E-state index contributed by atoms with van der Waals surface area (Å²) >= 11 is 0.0666. The zero-order valence-electron chi connectivity index (χ0n) is 6.03. The van der Waals surface area contributed by atoms with Crippen molar-refractivity contribution in [2.75, 3.05) is 0 Å². The minimum absolute atomic E-state index is 0.0419. The number of nitrogens with two attached hydrogens (primary N) is 1. The number of carbonyl (C=O) groups excluding carboxylic acids is 1. The summed E-state index contributed by atoms with van der Waals surface area (Å²) in [7, 11) is 0. The fourth-order valence-electron chi connectivity index (χ4n) is 0.485. The van der Waals surface area contributed by atoms with E-state index in [0.717, 1.165) is 0 Å². The molecule has 0 fully saturated rings. The summed E-state index contributed by atoms with van der Waals surface area (Å²) in [5.74, 6) is -1.97. The van der Waals surface area contributed by atoms with Crippen molar-refractivity contribution in [3.05, 3.63) is 0 Å². The average Bonchev–Trinajstić information content (AvgIpc) is 2.00. The molecule has 1 atom stereocenters. The highest BCUT2D eigenvalue weighted by Gasteiger charge is 2.20. The predicted molar refractivity (Wildman–Crippen MR) is 30.9 cm³/mol. The van der Waals surface area contributed by atoms with Gasteiger partial charge in [0.15, 0.2) is 0 Å². The molecule has 0 saturated carbocycles. The van der Waals surface area contributed by atoms with Crippen LogP contribution in [0, 0.1) is 11.3 Å². The smallest absolute Gasteiger partial charge is 0.396 e. The molecule has 0 amide bonds. The molecule has 0 aliphatic heterocycles. The molecule has 0 rings (SSSR count). The number of hydrogen-bond acceptors (Lipinski definition) is 5. The van der Waals surface area contributed by atoms with E-state index in [0.29, 0.717) is 0 Å². The van der Waals surface area contributed by atoms with E-state index in [4.69, 9.17) is 10.8 Å². The van der Waals surface area contributed by atoms with E-state index in [1.165, 1.54) is 0 Å². The molecule has 6 nitrogen and oxygen atoms in total. The molecule has 0 aliphatic rings. The van der Waals surface area contributed by atoms with Crippen LogP contribution >= 0.6 is 0 Å². The van der Waals surface area contributed by atoms with Gasteiger partial charge in [0.1, 0.15) is 6.04 Å². The molecule has 0 spiro atoms. The van der Waals surface area contributed by atoms with Crippen LogP contribution in [0.4, 0.5) is 0 Å². The van der Waals surface area contributed by atoms with E-state index >= 15 is 0 Å². The van der Waals surface area contributed by atoms with Gasteiger partial charge in [-0.1, -0.05) is 0 Å². The summed E-state index contributed by atoms with van der Waals surface area (Å²) in [6.07, 6.45) is -0.271. The molecular weight excluding hydrogens is 190 g/mol. The molecule has 0 bridgehead atoms. The molecule has 0 aromatic carbocycles. The third-order valence-corrected chi connectivity index (χ3v) is 1.29. The third kappa shape index (κ3) is 4.89. The van der Waals surface area contributed by atoms with Gasteiger partial charge >= 0.3 is 23.3 Å². The van der Waals surface area contributed by atoms with Crippen LogP contribution < -0.4 is 10.4 Å². The maximum absolute atomic E-state index is 10.6. The fraction of sp³-hybridized carbons (Fsp3) is 0.600. The van der Waals surface area contributed by atoms with Crippen LogP contribution in [0.5, 0.6) is 0 Å². The van der Waals surface area contributed by atoms with Gasteiger partial charge in [0, 0.05) is 6.42 Å². The molecule has 3 N–H and O–H groups in total. The molecule has 7 heteroatoms. The van der Waals surface area contributed by atoms with Crippen molar-refractivity contribution in [1.29, 1.82) is 0 Å². The topological polar surface area (TPSA) is 113 Å². The molecule has 0 unspecified atom stereocenters. The van der Waals surface area contributed by atoms with E-state index < -0.39 is 18.0 Å². The predicted octanol–water partition coefficient (Wildman–Crippen LogP) is -2.00. The molecule has 0 aromatic rings. The number of aliphatic carboxylic acids is 1. The van der Waals surface area contributed by atoms with Crippen molar-refractivity contribution < 1.29 is 35.0 Å². The Labute approximate surface area is 72.4 Å². The second-order valence-corrected chi connectivity index (χ2v) is 2.28. The summed E-state index contributed by atoms with van der Waals surface area (Å²) in [5, 5.41) is 8.20. The van der Waals surface area contributed by atoms with Gasteiger partial charge in [-0.05, 0) is 6.42 Å². The van der Waals surface area contributed by atoms with Crippen LogP contribution in [0.25, 0.3) is 0 Å². The van der Waals surface area contributed by atoms with Crippen molar-refractivity contribution in [3.63, 3.8) is 0 Å². The normalized spacial score (nSPS) is 12.2. The van der Waals surface area contributed by atoms with Gasteiger partial charge in [-0.3, -0.25) is 4.79 Å². The average molecular weight is 198 g/mol. The van der Waals surface area contributed by atoms with E-state index in [1.807, 2.05) is 0 Å². The van der Waals surface area contributed by atoms with Gasteiger partial charge in [-0.25, -0.2) is 4.79 Å². The van der Waals surface area contributed by atoms with Crippen molar-refractivity contribution in [2.45, 2.75) is 18.9 Å². The highest BCUT2D eigenvalue weighted by Crippen LogP contribution is 1.96. The number of carboxylic acid groups (broad SMARTS) is 1. The van der Waals surface area contributed by atoms with E-state index in [9.17, 15) is 14.2 Å². The molecule has 12 heavy (non-hydrogen) atoms. The second-order valence-electron chi connectivity index (χ2n) is 2.00. The van der Waals surface area contributed by atoms with Crippen LogP contribution in [0.1, 0.15) is 12.8 Å². The minimum atomic E-state index is -1.05. The number of halogens is 1. The van der Waals surface area contributed by atoms with Crippen LogP contribution in [0.3, 0.4) is 0 Å². The minimum Gasteiger partial charge on any atom is -0.495 e. The Morgan fingerprint density at radius 2 is 2.25 bits per heavy atom. The monoisotopic (exact) mass is 197 g/mol. The highest BCUT2D eigenvalue weighted by molar-refractivity contribution is 5.75. The van der Waals surface area contributed by atoms with Gasteiger partial charge in [-0.15, -0.1) is 0 Å². The van der Waals surface area contributed by atoms with Crippen LogP contribution in [0.15, 0.2) is 0 Å². The summed E-state index contributed by atoms with van der Waals surface area (Å²) in [6.45, 7) is 0. The molecular formula is C5H8ClNO5. The van der Waals surface area contributed by atoms with Gasteiger partial charge in [0.25, 0.3) is 0 Å². The lowest BCUT2D eigenvalue weighted by atomic mass is 10.2. The second kappa shape index (κ2) is 5.76. The molecule has 70 valence electrons. The number of carboxylic acids is 1. The first kappa shape index (κ1) is 11.2. The van der Waals surface area contributed by atoms with Gasteiger partial charge in [0.05, 0.1) is 0 Å². The third-order valence-electron chi connectivity index (χ3n) is 1.08.